The Hall–Kier alpha value is -1.50. The zero-order valence-corrected chi connectivity index (χ0v) is 11.9. The van der Waals surface area contributed by atoms with E-state index in [0.29, 0.717) is 0 Å². The third kappa shape index (κ3) is 4.88. The Morgan fingerprint density at radius 2 is 1.60 bits per heavy atom. The van der Waals surface area contributed by atoms with Gasteiger partial charge in [0.2, 0.25) is 5.78 Å². The van der Waals surface area contributed by atoms with Crippen LogP contribution >= 0.6 is 11.8 Å². The summed E-state index contributed by atoms with van der Waals surface area (Å²) in [5.74, 6) is -1.08. The van der Waals surface area contributed by atoms with Crippen molar-refractivity contribution < 1.29 is 27.5 Å². The fourth-order valence-electron chi connectivity index (χ4n) is 1.56. The molecule has 0 amide bonds. The molecule has 0 atom stereocenters. The summed E-state index contributed by atoms with van der Waals surface area (Å²) in [6.07, 6.45) is 0. The van der Waals surface area contributed by atoms with Crippen LogP contribution in [0.2, 0.25) is 0 Å². The maximum Gasteiger partial charge on any atom is 0.446 e. The Balaban J connectivity index is 2.88. The molecule has 0 aliphatic carbocycles. The highest BCUT2D eigenvalue weighted by atomic mass is 32.2. The minimum Gasteiger partial charge on any atom is -0.451 e. The fraction of sp³-hybridized carbons (Fsp3) is 0.385. The van der Waals surface area contributed by atoms with Crippen LogP contribution in [0, 0.1) is 0 Å². The highest BCUT2D eigenvalue weighted by molar-refractivity contribution is 8.00. The number of hydrogen-bond donors (Lipinski definition) is 0. The van der Waals surface area contributed by atoms with Crippen LogP contribution in [0.25, 0.3) is 0 Å². The van der Waals surface area contributed by atoms with Gasteiger partial charge < -0.3 is 4.74 Å². The first-order valence-electron chi connectivity index (χ1n) is 5.61. The number of hydrogen-bond acceptors (Lipinski definition) is 4. The summed E-state index contributed by atoms with van der Waals surface area (Å²) in [6.45, 7) is 4.03. The molecule has 0 unspecified atom stereocenters. The first kappa shape index (κ1) is 16.6. The molecule has 0 radical (unpaired) electrons. The lowest BCUT2D eigenvalue weighted by Crippen LogP contribution is -2.36. The monoisotopic (exact) mass is 306 g/mol. The van der Waals surface area contributed by atoms with Gasteiger partial charge in [0.25, 0.3) is 0 Å². The molecule has 0 spiro atoms. The minimum absolute atomic E-state index is 0.0145. The van der Waals surface area contributed by atoms with E-state index in [9.17, 15) is 22.8 Å². The molecule has 1 rings (SSSR count). The number of thioether (sulfide) groups is 1. The third-order valence-electron chi connectivity index (χ3n) is 2.30. The molecule has 0 aliphatic heterocycles. The first-order chi connectivity index (χ1) is 9.01. The smallest absolute Gasteiger partial charge is 0.446 e. The molecule has 20 heavy (non-hydrogen) atoms. The molecule has 3 nitrogen and oxygen atoms in total. The predicted octanol–water partition coefficient (Wildman–Crippen LogP) is 3.82. The van der Waals surface area contributed by atoms with Crippen LogP contribution in [0.15, 0.2) is 29.2 Å². The molecule has 1 aromatic carbocycles. The number of alkyl halides is 3. The van der Waals surface area contributed by atoms with E-state index >= 15 is 0 Å². The molecule has 110 valence electrons. The number of ketones is 1. The summed E-state index contributed by atoms with van der Waals surface area (Å²) in [7, 11) is 0. The van der Waals surface area contributed by atoms with Gasteiger partial charge in [0.05, 0.1) is 0 Å². The van der Waals surface area contributed by atoms with Gasteiger partial charge in [0, 0.05) is 17.4 Å². The third-order valence-corrected chi connectivity index (χ3v) is 3.04. The van der Waals surface area contributed by atoms with Gasteiger partial charge in [0.15, 0.2) is 5.60 Å². The lowest BCUT2D eigenvalue weighted by atomic mass is 9.96. The summed E-state index contributed by atoms with van der Waals surface area (Å²) in [6, 6.07) is 4.97. The summed E-state index contributed by atoms with van der Waals surface area (Å²) in [5.41, 5.74) is -5.55. The number of esters is 1. The molecule has 0 fully saturated rings. The maximum absolute atomic E-state index is 12.2. The number of carbonyl (C=O) groups excluding carboxylic acids is 2. The number of halogens is 3. The molecular weight excluding hydrogens is 293 g/mol. The molecule has 0 aromatic heterocycles. The van der Waals surface area contributed by atoms with Gasteiger partial charge in [-0.25, -0.2) is 0 Å². The summed E-state index contributed by atoms with van der Waals surface area (Å²) < 4.78 is 41.4. The van der Waals surface area contributed by atoms with E-state index in [2.05, 4.69) is 0 Å². The Morgan fingerprint density at radius 1 is 1.10 bits per heavy atom. The van der Waals surface area contributed by atoms with E-state index in [1.54, 1.807) is 0 Å². The van der Waals surface area contributed by atoms with E-state index in [1.165, 1.54) is 45.0 Å². The van der Waals surface area contributed by atoms with E-state index in [1.807, 2.05) is 0 Å². The molecule has 0 bridgehead atoms. The van der Waals surface area contributed by atoms with Crippen molar-refractivity contribution in [3.63, 3.8) is 0 Å². The van der Waals surface area contributed by atoms with Gasteiger partial charge in [-0.15, -0.1) is 0 Å². The predicted molar refractivity (Wildman–Crippen MR) is 68.5 cm³/mol. The SMILES string of the molecule is CC(=O)OC(C)(C)C(=O)c1ccc(SC(F)(F)F)cc1. The van der Waals surface area contributed by atoms with Crippen molar-refractivity contribution in [1.82, 2.24) is 0 Å². The average molecular weight is 306 g/mol. The van der Waals surface area contributed by atoms with Crippen molar-refractivity contribution in [3.8, 4) is 0 Å². The minimum atomic E-state index is -4.37. The standard InChI is InChI=1S/C13H13F3O3S/c1-8(17)19-12(2,3)11(18)9-4-6-10(7-5-9)20-13(14,15)16/h4-7H,1-3H3. The van der Waals surface area contributed by atoms with Crippen LogP contribution in [0.1, 0.15) is 31.1 Å². The van der Waals surface area contributed by atoms with Gasteiger partial charge in [-0.1, -0.05) is 12.1 Å². The summed E-state index contributed by atoms with van der Waals surface area (Å²) in [4.78, 5) is 23.0. The zero-order chi connectivity index (χ0) is 15.6. The van der Waals surface area contributed by atoms with Crippen molar-refractivity contribution in [1.29, 1.82) is 0 Å². The van der Waals surface area contributed by atoms with E-state index in [0.717, 1.165) is 0 Å². The molecule has 0 saturated carbocycles. The van der Waals surface area contributed by atoms with Crippen molar-refractivity contribution in [2.24, 2.45) is 0 Å². The number of benzene rings is 1. The van der Waals surface area contributed by atoms with E-state index in [-0.39, 0.29) is 22.2 Å². The second kappa shape index (κ2) is 5.87. The second-order valence-corrected chi connectivity index (χ2v) is 5.64. The lowest BCUT2D eigenvalue weighted by Gasteiger charge is -2.22. The van der Waals surface area contributed by atoms with Crippen LogP contribution in [0.3, 0.4) is 0 Å². The maximum atomic E-state index is 12.2. The van der Waals surface area contributed by atoms with Crippen LogP contribution in [-0.2, 0) is 9.53 Å². The van der Waals surface area contributed by atoms with Crippen LogP contribution in [0.5, 0.6) is 0 Å². The Morgan fingerprint density at radius 3 is 2.00 bits per heavy atom. The lowest BCUT2D eigenvalue weighted by molar-refractivity contribution is -0.149. The highest BCUT2D eigenvalue weighted by Crippen LogP contribution is 2.36. The van der Waals surface area contributed by atoms with Gasteiger partial charge in [-0.2, -0.15) is 13.2 Å². The molecular formula is C13H13F3O3S. The molecule has 1 aromatic rings. The quantitative estimate of drug-likeness (QED) is 0.482. The van der Waals surface area contributed by atoms with Gasteiger partial charge >= 0.3 is 11.5 Å². The summed E-state index contributed by atoms with van der Waals surface area (Å²) >= 11 is -0.257. The fourth-order valence-corrected chi connectivity index (χ4v) is 2.10. The van der Waals surface area contributed by atoms with Crippen molar-refractivity contribution in [3.05, 3.63) is 29.8 Å². The van der Waals surface area contributed by atoms with Crippen molar-refractivity contribution in [2.45, 2.75) is 36.8 Å². The Kier molecular flexibility index (Phi) is 4.86. The topological polar surface area (TPSA) is 43.4 Å². The Bertz CT molecular complexity index is 507. The van der Waals surface area contributed by atoms with Crippen LogP contribution in [-0.4, -0.2) is 22.9 Å². The molecule has 0 saturated heterocycles. The van der Waals surface area contributed by atoms with Gasteiger partial charge in [-0.3, -0.25) is 9.59 Å². The average Bonchev–Trinajstić information content (AvgIpc) is 2.25. The van der Waals surface area contributed by atoms with Gasteiger partial charge in [-0.05, 0) is 37.7 Å². The van der Waals surface area contributed by atoms with Crippen molar-refractivity contribution in [2.75, 3.05) is 0 Å². The van der Waals surface area contributed by atoms with Gasteiger partial charge in [0.1, 0.15) is 0 Å². The zero-order valence-electron chi connectivity index (χ0n) is 11.1. The molecule has 0 aliphatic rings. The summed E-state index contributed by atoms with van der Waals surface area (Å²) in [5, 5.41) is 0. The first-order valence-corrected chi connectivity index (χ1v) is 6.43. The Labute approximate surface area is 118 Å². The second-order valence-electron chi connectivity index (χ2n) is 4.51. The number of rotatable bonds is 4. The number of Topliss-reactive ketones (excluding diaryl/α,β-unsaturated/α-hetero) is 1. The largest absolute Gasteiger partial charge is 0.451 e. The van der Waals surface area contributed by atoms with E-state index < -0.39 is 22.9 Å². The van der Waals surface area contributed by atoms with Crippen molar-refractivity contribution >= 4 is 23.5 Å². The van der Waals surface area contributed by atoms with Crippen LogP contribution in [0.4, 0.5) is 13.2 Å². The molecule has 0 heterocycles. The normalized spacial score (nSPS) is 12.1. The number of carbonyl (C=O) groups is 2. The molecule has 0 N–H and O–H groups in total. The highest BCUT2D eigenvalue weighted by Gasteiger charge is 2.32. The number of ether oxygens (including phenoxy) is 1. The van der Waals surface area contributed by atoms with E-state index in [4.69, 9.17) is 4.74 Å². The molecule has 7 heteroatoms. The van der Waals surface area contributed by atoms with Crippen LogP contribution < -0.4 is 0 Å².